The molecule has 1 aliphatic heterocycles. The van der Waals surface area contributed by atoms with Gasteiger partial charge in [-0.1, -0.05) is 40.2 Å². The summed E-state index contributed by atoms with van der Waals surface area (Å²) in [5, 5.41) is 6.04. The van der Waals surface area contributed by atoms with Gasteiger partial charge < -0.3 is 10.1 Å². The molecule has 2 aromatic rings. The van der Waals surface area contributed by atoms with Crippen LogP contribution in [0.25, 0.3) is 10.8 Å². The number of halogens is 1. The molecular formula is C17H20BrNO. The van der Waals surface area contributed by atoms with Crippen molar-refractivity contribution >= 4 is 32.4 Å². The molecular weight excluding hydrogens is 314 g/mol. The Morgan fingerprint density at radius 3 is 2.65 bits per heavy atom. The van der Waals surface area contributed by atoms with Crippen molar-refractivity contribution in [2.24, 2.45) is 0 Å². The standard InChI is InChI=1S/C17H20BrNO/c1-17(2)10-9-12(20-17)11-19-16-8-7-15(18)13-5-3-4-6-14(13)16/h3-8,12,19H,9-11H2,1-2H3. The largest absolute Gasteiger partial charge is 0.382 e. The fourth-order valence-electron chi connectivity index (χ4n) is 2.86. The molecule has 20 heavy (non-hydrogen) atoms. The van der Waals surface area contributed by atoms with E-state index in [0.29, 0.717) is 6.10 Å². The highest BCUT2D eigenvalue weighted by Crippen LogP contribution is 2.32. The average Bonchev–Trinajstić information content (AvgIpc) is 2.78. The third-order valence-corrected chi connectivity index (χ3v) is 4.64. The van der Waals surface area contributed by atoms with E-state index < -0.39 is 0 Å². The zero-order valence-electron chi connectivity index (χ0n) is 11.9. The molecule has 2 nitrogen and oxygen atoms in total. The van der Waals surface area contributed by atoms with Crippen LogP contribution < -0.4 is 5.32 Å². The van der Waals surface area contributed by atoms with Crippen LogP contribution in [-0.4, -0.2) is 18.2 Å². The molecule has 0 saturated carbocycles. The fraction of sp³-hybridized carbons (Fsp3) is 0.412. The predicted octanol–water partition coefficient (Wildman–Crippen LogP) is 4.97. The van der Waals surface area contributed by atoms with Gasteiger partial charge in [0, 0.05) is 22.1 Å². The fourth-order valence-corrected chi connectivity index (χ4v) is 3.34. The molecule has 1 N–H and O–H groups in total. The number of rotatable bonds is 3. The summed E-state index contributed by atoms with van der Waals surface area (Å²) in [7, 11) is 0. The Kier molecular flexibility index (Phi) is 3.74. The first-order valence-corrected chi connectivity index (χ1v) is 7.93. The van der Waals surface area contributed by atoms with Crippen molar-refractivity contribution in [3.8, 4) is 0 Å². The van der Waals surface area contributed by atoms with Crippen molar-refractivity contribution in [2.45, 2.75) is 38.4 Å². The highest BCUT2D eigenvalue weighted by atomic mass is 79.9. The summed E-state index contributed by atoms with van der Waals surface area (Å²) in [5.74, 6) is 0. The van der Waals surface area contributed by atoms with Gasteiger partial charge in [0.1, 0.15) is 0 Å². The molecule has 1 saturated heterocycles. The topological polar surface area (TPSA) is 21.3 Å². The molecule has 1 aliphatic rings. The van der Waals surface area contributed by atoms with Crippen molar-refractivity contribution in [1.82, 2.24) is 0 Å². The van der Waals surface area contributed by atoms with Gasteiger partial charge in [0.2, 0.25) is 0 Å². The van der Waals surface area contributed by atoms with Crippen LogP contribution in [0.4, 0.5) is 5.69 Å². The lowest BCUT2D eigenvalue weighted by molar-refractivity contribution is -0.00909. The second kappa shape index (κ2) is 5.38. The maximum atomic E-state index is 6.03. The number of hydrogen-bond donors (Lipinski definition) is 1. The van der Waals surface area contributed by atoms with Crippen molar-refractivity contribution in [3.05, 3.63) is 40.9 Å². The Labute approximate surface area is 128 Å². The van der Waals surface area contributed by atoms with E-state index >= 15 is 0 Å². The Morgan fingerprint density at radius 2 is 1.95 bits per heavy atom. The van der Waals surface area contributed by atoms with E-state index in [1.165, 1.54) is 16.5 Å². The maximum Gasteiger partial charge on any atom is 0.0755 e. The third-order valence-electron chi connectivity index (χ3n) is 3.95. The molecule has 0 spiro atoms. The quantitative estimate of drug-likeness (QED) is 0.855. The Bertz CT molecular complexity index is 623. The van der Waals surface area contributed by atoms with Gasteiger partial charge in [-0.25, -0.2) is 0 Å². The molecule has 0 aliphatic carbocycles. The SMILES string of the molecule is CC1(C)CCC(CNc2ccc(Br)c3ccccc23)O1. The number of anilines is 1. The van der Waals surface area contributed by atoms with Crippen LogP contribution in [-0.2, 0) is 4.74 Å². The van der Waals surface area contributed by atoms with Crippen LogP contribution in [0.3, 0.4) is 0 Å². The summed E-state index contributed by atoms with van der Waals surface area (Å²) < 4.78 is 7.17. The zero-order valence-corrected chi connectivity index (χ0v) is 13.5. The van der Waals surface area contributed by atoms with Crippen molar-refractivity contribution in [2.75, 3.05) is 11.9 Å². The number of ether oxygens (including phenoxy) is 1. The van der Waals surface area contributed by atoms with Crippen LogP contribution in [0.1, 0.15) is 26.7 Å². The Morgan fingerprint density at radius 1 is 1.20 bits per heavy atom. The van der Waals surface area contributed by atoms with Gasteiger partial charge in [-0.2, -0.15) is 0 Å². The van der Waals surface area contributed by atoms with Gasteiger partial charge in [0.15, 0.2) is 0 Å². The molecule has 106 valence electrons. The van der Waals surface area contributed by atoms with Crippen LogP contribution in [0.5, 0.6) is 0 Å². The summed E-state index contributed by atoms with van der Waals surface area (Å²) in [6, 6.07) is 12.7. The lowest BCUT2D eigenvalue weighted by Crippen LogP contribution is -2.24. The molecule has 1 unspecified atom stereocenters. The minimum Gasteiger partial charge on any atom is -0.382 e. The number of hydrogen-bond acceptors (Lipinski definition) is 2. The number of benzene rings is 2. The van der Waals surface area contributed by atoms with Gasteiger partial charge >= 0.3 is 0 Å². The van der Waals surface area contributed by atoms with E-state index in [9.17, 15) is 0 Å². The molecule has 1 heterocycles. The molecule has 0 aromatic heterocycles. The van der Waals surface area contributed by atoms with Crippen LogP contribution in [0.15, 0.2) is 40.9 Å². The van der Waals surface area contributed by atoms with Crippen LogP contribution in [0, 0.1) is 0 Å². The van der Waals surface area contributed by atoms with E-state index in [4.69, 9.17) is 4.74 Å². The Hall–Kier alpha value is -1.06. The van der Waals surface area contributed by atoms with E-state index in [-0.39, 0.29) is 5.60 Å². The van der Waals surface area contributed by atoms with E-state index in [1.807, 2.05) is 0 Å². The van der Waals surface area contributed by atoms with Crippen molar-refractivity contribution < 1.29 is 4.74 Å². The second-order valence-corrected chi connectivity index (χ2v) is 6.91. The smallest absolute Gasteiger partial charge is 0.0755 e. The highest BCUT2D eigenvalue weighted by Gasteiger charge is 2.31. The molecule has 3 heteroatoms. The van der Waals surface area contributed by atoms with E-state index in [0.717, 1.165) is 23.9 Å². The summed E-state index contributed by atoms with van der Waals surface area (Å²) in [4.78, 5) is 0. The number of nitrogens with one attached hydrogen (secondary N) is 1. The summed E-state index contributed by atoms with van der Waals surface area (Å²) >= 11 is 3.61. The molecule has 1 atom stereocenters. The minimum absolute atomic E-state index is 0.0358. The van der Waals surface area contributed by atoms with Gasteiger partial charge in [0.05, 0.1) is 11.7 Å². The number of fused-ring (bicyclic) bond motifs is 1. The first-order chi connectivity index (χ1) is 9.55. The molecule has 2 aromatic carbocycles. The Balaban J connectivity index is 1.77. The lowest BCUT2D eigenvalue weighted by atomic mass is 10.1. The first kappa shape index (κ1) is 13.9. The minimum atomic E-state index is 0.0358. The molecule has 3 rings (SSSR count). The average molecular weight is 334 g/mol. The monoisotopic (exact) mass is 333 g/mol. The normalized spacial score (nSPS) is 21.2. The van der Waals surface area contributed by atoms with Crippen LogP contribution in [0.2, 0.25) is 0 Å². The molecule has 0 amide bonds. The molecule has 0 bridgehead atoms. The van der Waals surface area contributed by atoms with Gasteiger partial charge in [-0.15, -0.1) is 0 Å². The van der Waals surface area contributed by atoms with E-state index in [2.05, 4.69) is 71.5 Å². The lowest BCUT2D eigenvalue weighted by Gasteiger charge is -2.20. The summed E-state index contributed by atoms with van der Waals surface area (Å²) in [6.07, 6.45) is 2.59. The molecule has 1 fully saturated rings. The molecule has 0 radical (unpaired) electrons. The van der Waals surface area contributed by atoms with Gasteiger partial charge in [0.25, 0.3) is 0 Å². The second-order valence-electron chi connectivity index (χ2n) is 6.06. The zero-order chi connectivity index (χ0) is 14.2. The van der Waals surface area contributed by atoms with Crippen molar-refractivity contribution in [1.29, 1.82) is 0 Å². The summed E-state index contributed by atoms with van der Waals surface area (Å²) in [6.45, 7) is 5.21. The van der Waals surface area contributed by atoms with Gasteiger partial charge in [-0.3, -0.25) is 0 Å². The van der Waals surface area contributed by atoms with Crippen molar-refractivity contribution in [3.63, 3.8) is 0 Å². The van der Waals surface area contributed by atoms with Gasteiger partial charge in [-0.05, 0) is 44.2 Å². The van der Waals surface area contributed by atoms with E-state index in [1.54, 1.807) is 0 Å². The predicted molar refractivity (Wildman–Crippen MR) is 88.3 cm³/mol. The van der Waals surface area contributed by atoms with Crippen LogP contribution >= 0.6 is 15.9 Å². The third kappa shape index (κ3) is 2.84. The first-order valence-electron chi connectivity index (χ1n) is 7.14. The highest BCUT2D eigenvalue weighted by molar-refractivity contribution is 9.10. The summed E-state index contributed by atoms with van der Waals surface area (Å²) in [5.41, 5.74) is 1.21. The maximum absolute atomic E-state index is 6.03.